The molecule has 0 aromatic heterocycles. The number of sulfonamides is 1. The van der Waals surface area contributed by atoms with E-state index in [-0.39, 0.29) is 10.8 Å². The molecular formula is C23H30N4O3S. The van der Waals surface area contributed by atoms with E-state index in [0.717, 1.165) is 31.6 Å². The van der Waals surface area contributed by atoms with Crippen molar-refractivity contribution < 1.29 is 13.2 Å². The first kappa shape index (κ1) is 21.6. The normalized spacial score (nSPS) is 18.2. The van der Waals surface area contributed by atoms with Gasteiger partial charge in [-0.05, 0) is 81.1 Å². The van der Waals surface area contributed by atoms with Crippen LogP contribution >= 0.6 is 0 Å². The van der Waals surface area contributed by atoms with E-state index in [0.29, 0.717) is 18.8 Å². The first-order chi connectivity index (χ1) is 14.9. The predicted molar refractivity (Wildman–Crippen MR) is 124 cm³/mol. The maximum Gasteiger partial charge on any atom is 0.246 e. The Labute approximate surface area is 184 Å². The molecule has 0 spiro atoms. The SMILES string of the molecule is CC(Nc1ccc(N2CCCC2)cc1)C(=O)Nc1ccc(S(=O)(=O)N2CCCC2)cc1. The van der Waals surface area contributed by atoms with Crippen molar-refractivity contribution in [2.24, 2.45) is 0 Å². The fraction of sp³-hybridized carbons (Fsp3) is 0.435. The van der Waals surface area contributed by atoms with Crippen molar-refractivity contribution in [3.8, 4) is 0 Å². The second-order valence-corrected chi connectivity index (χ2v) is 10.2. The van der Waals surface area contributed by atoms with E-state index >= 15 is 0 Å². The van der Waals surface area contributed by atoms with E-state index < -0.39 is 16.1 Å². The molecule has 4 rings (SSSR count). The second-order valence-electron chi connectivity index (χ2n) is 8.23. The van der Waals surface area contributed by atoms with Gasteiger partial charge in [0.15, 0.2) is 0 Å². The minimum Gasteiger partial charge on any atom is -0.374 e. The molecule has 1 atom stereocenters. The molecule has 7 nitrogen and oxygen atoms in total. The van der Waals surface area contributed by atoms with Gasteiger partial charge in [-0.15, -0.1) is 0 Å². The fourth-order valence-electron chi connectivity index (χ4n) is 4.10. The number of anilines is 3. The van der Waals surface area contributed by atoms with Gasteiger partial charge in [-0.2, -0.15) is 4.31 Å². The maximum atomic E-state index is 12.6. The van der Waals surface area contributed by atoms with Crippen LogP contribution in [0.2, 0.25) is 0 Å². The predicted octanol–water partition coefficient (Wildman–Crippen LogP) is 3.51. The van der Waals surface area contributed by atoms with E-state index in [2.05, 4.69) is 27.7 Å². The standard InChI is InChI=1S/C23H30N4O3S/c1-18(24-19-6-10-21(11-7-19)26-14-2-3-15-26)23(28)25-20-8-12-22(13-9-20)31(29,30)27-16-4-5-17-27/h6-13,18,24H,2-5,14-17H2,1H3,(H,25,28). The number of benzene rings is 2. The minimum atomic E-state index is -3.45. The summed E-state index contributed by atoms with van der Waals surface area (Å²) in [6, 6.07) is 14.1. The molecule has 8 heteroatoms. The Bertz CT molecular complexity index is 994. The first-order valence-corrected chi connectivity index (χ1v) is 12.4. The summed E-state index contributed by atoms with van der Waals surface area (Å²) in [4.78, 5) is 15.2. The van der Waals surface area contributed by atoms with Gasteiger partial charge in [-0.1, -0.05) is 0 Å². The van der Waals surface area contributed by atoms with Gasteiger partial charge in [0.1, 0.15) is 6.04 Å². The van der Waals surface area contributed by atoms with Gasteiger partial charge in [0.2, 0.25) is 15.9 Å². The average molecular weight is 443 g/mol. The summed E-state index contributed by atoms with van der Waals surface area (Å²) >= 11 is 0. The highest BCUT2D eigenvalue weighted by Gasteiger charge is 2.27. The van der Waals surface area contributed by atoms with Gasteiger partial charge < -0.3 is 15.5 Å². The Morgan fingerprint density at radius 2 is 1.39 bits per heavy atom. The molecule has 31 heavy (non-hydrogen) atoms. The second kappa shape index (κ2) is 9.28. The van der Waals surface area contributed by atoms with E-state index in [4.69, 9.17) is 0 Å². The molecular weight excluding hydrogens is 412 g/mol. The number of carbonyl (C=O) groups excluding carboxylic acids is 1. The summed E-state index contributed by atoms with van der Waals surface area (Å²) in [6.45, 7) is 5.15. The first-order valence-electron chi connectivity index (χ1n) is 11.0. The summed E-state index contributed by atoms with van der Waals surface area (Å²) in [5.74, 6) is -0.182. The zero-order valence-corrected chi connectivity index (χ0v) is 18.7. The van der Waals surface area contributed by atoms with Crippen molar-refractivity contribution in [3.05, 3.63) is 48.5 Å². The monoisotopic (exact) mass is 442 g/mol. The summed E-state index contributed by atoms with van der Waals surface area (Å²) < 4.78 is 26.7. The highest BCUT2D eigenvalue weighted by Crippen LogP contribution is 2.24. The minimum absolute atomic E-state index is 0.182. The van der Waals surface area contributed by atoms with E-state index in [1.165, 1.54) is 22.8 Å². The van der Waals surface area contributed by atoms with Crippen LogP contribution in [0.5, 0.6) is 0 Å². The summed E-state index contributed by atoms with van der Waals surface area (Å²) in [7, 11) is -3.45. The molecule has 0 bridgehead atoms. The average Bonchev–Trinajstić information content (AvgIpc) is 3.49. The van der Waals surface area contributed by atoms with Gasteiger partial charge in [0.05, 0.1) is 4.90 Å². The van der Waals surface area contributed by atoms with Gasteiger partial charge in [0.25, 0.3) is 0 Å². The van der Waals surface area contributed by atoms with Crippen LogP contribution in [0.1, 0.15) is 32.6 Å². The fourth-order valence-corrected chi connectivity index (χ4v) is 5.61. The van der Waals surface area contributed by atoms with Crippen LogP contribution in [0.25, 0.3) is 0 Å². The van der Waals surface area contributed by atoms with Crippen LogP contribution in [0.4, 0.5) is 17.1 Å². The van der Waals surface area contributed by atoms with Gasteiger partial charge >= 0.3 is 0 Å². The number of carbonyl (C=O) groups is 1. The van der Waals surface area contributed by atoms with Crippen LogP contribution in [0.15, 0.2) is 53.4 Å². The highest BCUT2D eigenvalue weighted by atomic mass is 32.2. The van der Waals surface area contributed by atoms with Crippen LogP contribution in [-0.4, -0.2) is 50.9 Å². The van der Waals surface area contributed by atoms with E-state index in [1.807, 2.05) is 12.1 Å². The highest BCUT2D eigenvalue weighted by molar-refractivity contribution is 7.89. The largest absolute Gasteiger partial charge is 0.374 e. The summed E-state index contributed by atoms with van der Waals surface area (Å²) in [6.07, 6.45) is 4.28. The van der Waals surface area contributed by atoms with Crippen molar-refractivity contribution in [1.29, 1.82) is 0 Å². The smallest absolute Gasteiger partial charge is 0.246 e. The molecule has 0 saturated carbocycles. The molecule has 1 amide bonds. The lowest BCUT2D eigenvalue weighted by Gasteiger charge is -2.19. The van der Waals surface area contributed by atoms with Gasteiger partial charge in [-0.25, -0.2) is 8.42 Å². The van der Waals surface area contributed by atoms with Crippen LogP contribution in [-0.2, 0) is 14.8 Å². The molecule has 2 fully saturated rings. The van der Waals surface area contributed by atoms with E-state index in [9.17, 15) is 13.2 Å². The molecule has 166 valence electrons. The molecule has 1 unspecified atom stereocenters. The van der Waals surface area contributed by atoms with Crippen molar-refractivity contribution in [1.82, 2.24) is 4.31 Å². The molecule has 2 aliphatic heterocycles. The lowest BCUT2D eigenvalue weighted by atomic mass is 10.2. The molecule has 0 radical (unpaired) electrons. The Morgan fingerprint density at radius 3 is 2.00 bits per heavy atom. The molecule has 2 N–H and O–H groups in total. The zero-order chi connectivity index (χ0) is 21.8. The third kappa shape index (κ3) is 5.02. The molecule has 2 aliphatic rings. The number of nitrogens with one attached hydrogen (secondary N) is 2. The zero-order valence-electron chi connectivity index (χ0n) is 17.9. The molecule has 0 aliphatic carbocycles. The topological polar surface area (TPSA) is 81.8 Å². The lowest BCUT2D eigenvalue weighted by molar-refractivity contribution is -0.116. The number of hydrogen-bond donors (Lipinski definition) is 2. The summed E-state index contributed by atoms with van der Waals surface area (Å²) in [5, 5.41) is 6.07. The van der Waals surface area contributed by atoms with Crippen LogP contribution < -0.4 is 15.5 Å². The number of hydrogen-bond acceptors (Lipinski definition) is 5. The quantitative estimate of drug-likeness (QED) is 0.686. The van der Waals surface area contributed by atoms with Crippen molar-refractivity contribution in [2.45, 2.75) is 43.5 Å². The Balaban J connectivity index is 1.33. The Hall–Kier alpha value is -2.58. The van der Waals surface area contributed by atoms with Crippen molar-refractivity contribution in [2.75, 3.05) is 41.7 Å². The molecule has 2 heterocycles. The van der Waals surface area contributed by atoms with Crippen LogP contribution in [0.3, 0.4) is 0 Å². The van der Waals surface area contributed by atoms with Crippen molar-refractivity contribution >= 4 is 33.0 Å². The van der Waals surface area contributed by atoms with Crippen LogP contribution in [0, 0.1) is 0 Å². The molecule has 2 aromatic carbocycles. The molecule has 2 aromatic rings. The third-order valence-electron chi connectivity index (χ3n) is 5.94. The Kier molecular flexibility index (Phi) is 6.48. The summed E-state index contributed by atoms with van der Waals surface area (Å²) in [5.41, 5.74) is 2.67. The van der Waals surface area contributed by atoms with E-state index in [1.54, 1.807) is 31.2 Å². The van der Waals surface area contributed by atoms with Crippen molar-refractivity contribution in [3.63, 3.8) is 0 Å². The maximum absolute atomic E-state index is 12.6. The lowest BCUT2D eigenvalue weighted by Crippen LogP contribution is -2.32. The van der Waals surface area contributed by atoms with Gasteiger partial charge in [0, 0.05) is 43.2 Å². The van der Waals surface area contributed by atoms with Gasteiger partial charge in [-0.3, -0.25) is 4.79 Å². The third-order valence-corrected chi connectivity index (χ3v) is 7.85. The molecule has 2 saturated heterocycles. The number of rotatable bonds is 7. The number of amides is 1. The Morgan fingerprint density at radius 1 is 0.839 bits per heavy atom. The number of nitrogens with zero attached hydrogens (tertiary/aromatic N) is 2.